The first-order valence-corrected chi connectivity index (χ1v) is 6.37. The maximum Gasteiger partial charge on any atom is 0.216 e. The molecule has 0 spiro atoms. The molecule has 0 bridgehead atoms. The van der Waals surface area contributed by atoms with Crippen molar-refractivity contribution in [1.82, 2.24) is 10.3 Å². The van der Waals surface area contributed by atoms with Gasteiger partial charge in [0.1, 0.15) is 0 Å². The Morgan fingerprint density at radius 2 is 2.20 bits per heavy atom. The fourth-order valence-corrected chi connectivity index (χ4v) is 1.76. The van der Waals surface area contributed by atoms with Crippen molar-refractivity contribution in [2.45, 2.75) is 13.3 Å². The van der Waals surface area contributed by atoms with E-state index >= 15 is 0 Å². The smallest absolute Gasteiger partial charge is 0.216 e. The third-order valence-corrected chi connectivity index (χ3v) is 2.73. The number of nitrogens with one attached hydrogen (secondary N) is 1. The van der Waals surface area contributed by atoms with Gasteiger partial charge in [-0.3, -0.25) is 4.79 Å². The largest absolute Gasteiger partial charge is 0.481 e. The topological polar surface area (TPSA) is 51.2 Å². The van der Waals surface area contributed by atoms with Gasteiger partial charge in [-0.2, -0.15) is 0 Å². The Balaban J connectivity index is 2.08. The molecule has 0 radical (unpaired) electrons. The van der Waals surface area contributed by atoms with Crippen molar-refractivity contribution >= 4 is 16.8 Å². The van der Waals surface area contributed by atoms with Crippen LogP contribution in [0, 0.1) is 11.8 Å². The van der Waals surface area contributed by atoms with Crippen molar-refractivity contribution in [2.24, 2.45) is 0 Å². The summed E-state index contributed by atoms with van der Waals surface area (Å²) in [6.07, 6.45) is 0.637. The van der Waals surface area contributed by atoms with Crippen molar-refractivity contribution in [1.29, 1.82) is 0 Å². The molecule has 4 nitrogen and oxygen atoms in total. The molecular formula is C16H16N2O2. The Morgan fingerprint density at radius 3 is 2.95 bits per heavy atom. The number of hydrogen-bond donors (Lipinski definition) is 1. The lowest BCUT2D eigenvalue weighted by molar-refractivity contribution is -0.118. The van der Waals surface area contributed by atoms with Gasteiger partial charge in [0.05, 0.1) is 12.6 Å². The number of methoxy groups -OCH3 is 1. The number of aromatic nitrogens is 1. The van der Waals surface area contributed by atoms with Crippen molar-refractivity contribution in [3.63, 3.8) is 0 Å². The molecule has 1 aromatic carbocycles. The molecule has 102 valence electrons. The van der Waals surface area contributed by atoms with Crippen LogP contribution in [-0.4, -0.2) is 24.5 Å². The summed E-state index contributed by atoms with van der Waals surface area (Å²) in [7, 11) is 1.60. The van der Waals surface area contributed by atoms with Gasteiger partial charge >= 0.3 is 0 Å². The van der Waals surface area contributed by atoms with Crippen LogP contribution in [0.25, 0.3) is 10.9 Å². The van der Waals surface area contributed by atoms with E-state index in [0.29, 0.717) is 18.8 Å². The lowest BCUT2D eigenvalue weighted by Crippen LogP contribution is -2.20. The van der Waals surface area contributed by atoms with Crippen LogP contribution >= 0.6 is 0 Å². The molecule has 0 fully saturated rings. The molecule has 0 atom stereocenters. The molecule has 1 N–H and O–H groups in total. The van der Waals surface area contributed by atoms with Crippen LogP contribution in [0.3, 0.4) is 0 Å². The second kappa shape index (κ2) is 6.58. The van der Waals surface area contributed by atoms with Crippen molar-refractivity contribution in [3.05, 3.63) is 35.9 Å². The number of carbonyl (C=O) groups is 1. The van der Waals surface area contributed by atoms with E-state index in [1.807, 2.05) is 30.3 Å². The number of carbonyl (C=O) groups excluding carboxylic acids is 1. The van der Waals surface area contributed by atoms with Gasteiger partial charge in [-0.25, -0.2) is 4.98 Å². The van der Waals surface area contributed by atoms with Gasteiger partial charge in [-0.05, 0) is 24.3 Å². The summed E-state index contributed by atoms with van der Waals surface area (Å²) in [4.78, 5) is 15.0. The van der Waals surface area contributed by atoms with Gasteiger partial charge < -0.3 is 10.1 Å². The molecule has 0 unspecified atom stereocenters. The average molecular weight is 268 g/mol. The molecule has 2 rings (SSSR count). The predicted octanol–water partition coefficient (Wildman–Crippen LogP) is 2.12. The van der Waals surface area contributed by atoms with E-state index < -0.39 is 0 Å². The predicted molar refractivity (Wildman–Crippen MR) is 78.5 cm³/mol. The van der Waals surface area contributed by atoms with Crippen LogP contribution in [0.15, 0.2) is 30.3 Å². The first-order chi connectivity index (χ1) is 9.69. The molecule has 0 aliphatic carbocycles. The molecule has 4 heteroatoms. The first kappa shape index (κ1) is 13.9. The summed E-state index contributed by atoms with van der Waals surface area (Å²) in [5.41, 5.74) is 1.82. The lowest BCUT2D eigenvalue weighted by atomic mass is 10.1. The lowest BCUT2D eigenvalue weighted by Gasteiger charge is -2.01. The maximum absolute atomic E-state index is 10.7. The van der Waals surface area contributed by atoms with E-state index in [1.165, 1.54) is 6.92 Å². The van der Waals surface area contributed by atoms with Crippen LogP contribution in [0.4, 0.5) is 0 Å². The Morgan fingerprint density at radius 1 is 1.35 bits per heavy atom. The van der Waals surface area contributed by atoms with Crippen LogP contribution in [0.5, 0.6) is 5.88 Å². The third-order valence-electron chi connectivity index (χ3n) is 2.73. The number of fused-ring (bicyclic) bond motifs is 1. The minimum Gasteiger partial charge on any atom is -0.481 e. The van der Waals surface area contributed by atoms with Crippen molar-refractivity contribution in [3.8, 4) is 17.7 Å². The first-order valence-electron chi connectivity index (χ1n) is 6.37. The maximum atomic E-state index is 10.7. The number of amides is 1. The molecule has 2 aromatic rings. The molecule has 0 saturated carbocycles. The quantitative estimate of drug-likeness (QED) is 0.685. The third kappa shape index (κ3) is 3.72. The van der Waals surface area contributed by atoms with Crippen molar-refractivity contribution < 1.29 is 9.53 Å². The summed E-state index contributed by atoms with van der Waals surface area (Å²) >= 11 is 0. The zero-order chi connectivity index (χ0) is 14.4. The number of benzene rings is 1. The highest BCUT2D eigenvalue weighted by molar-refractivity contribution is 5.80. The van der Waals surface area contributed by atoms with Gasteiger partial charge in [0.25, 0.3) is 0 Å². The molecule has 1 amide bonds. The number of ether oxygens (including phenoxy) is 1. The Hall–Kier alpha value is -2.54. The number of hydrogen-bond acceptors (Lipinski definition) is 3. The zero-order valence-corrected chi connectivity index (χ0v) is 11.6. The standard InChI is InChI=1S/C16H16N2O2/c1-12(19)17-10-4-3-5-13-6-8-15-14(11-13)7-9-16(18-15)20-2/h6-9,11H,4,10H2,1-2H3,(H,17,19). The van der Waals surface area contributed by atoms with E-state index in [0.717, 1.165) is 16.5 Å². The van der Waals surface area contributed by atoms with E-state index in [9.17, 15) is 4.79 Å². The summed E-state index contributed by atoms with van der Waals surface area (Å²) in [6.45, 7) is 2.08. The molecule has 0 aliphatic heterocycles. The molecular weight excluding hydrogens is 252 g/mol. The molecule has 0 saturated heterocycles. The van der Waals surface area contributed by atoms with Gasteiger partial charge in [-0.15, -0.1) is 0 Å². The zero-order valence-electron chi connectivity index (χ0n) is 11.6. The average Bonchev–Trinajstić information content (AvgIpc) is 2.46. The van der Waals surface area contributed by atoms with E-state index in [1.54, 1.807) is 7.11 Å². The van der Waals surface area contributed by atoms with E-state index in [4.69, 9.17) is 4.74 Å². The SMILES string of the molecule is COc1ccc2cc(C#CCCNC(C)=O)ccc2n1. The Labute approximate surface area is 118 Å². The molecule has 1 heterocycles. The summed E-state index contributed by atoms with van der Waals surface area (Å²) in [5.74, 6) is 6.69. The minimum absolute atomic E-state index is 0.0301. The highest BCUT2D eigenvalue weighted by Crippen LogP contribution is 2.17. The number of nitrogens with zero attached hydrogens (tertiary/aromatic N) is 1. The van der Waals surface area contributed by atoms with Gasteiger partial charge in [0.15, 0.2) is 0 Å². The monoisotopic (exact) mass is 268 g/mol. The Bertz CT molecular complexity index is 684. The van der Waals surface area contributed by atoms with Crippen LogP contribution < -0.4 is 10.1 Å². The molecule has 0 aliphatic rings. The number of rotatable bonds is 3. The highest BCUT2D eigenvalue weighted by atomic mass is 16.5. The van der Waals surface area contributed by atoms with Crippen LogP contribution in [-0.2, 0) is 4.79 Å². The van der Waals surface area contributed by atoms with Crippen LogP contribution in [0.2, 0.25) is 0 Å². The van der Waals surface area contributed by atoms with Gasteiger partial charge in [0.2, 0.25) is 11.8 Å². The normalized spacial score (nSPS) is 9.70. The Kier molecular flexibility index (Phi) is 4.56. The second-order valence-electron chi connectivity index (χ2n) is 4.30. The molecule has 20 heavy (non-hydrogen) atoms. The fraction of sp³-hybridized carbons (Fsp3) is 0.250. The van der Waals surface area contributed by atoms with Gasteiger partial charge in [-0.1, -0.05) is 11.8 Å². The highest BCUT2D eigenvalue weighted by Gasteiger charge is 1.98. The van der Waals surface area contributed by atoms with Crippen LogP contribution in [0.1, 0.15) is 18.9 Å². The van der Waals surface area contributed by atoms with E-state index in [-0.39, 0.29) is 5.91 Å². The summed E-state index contributed by atoms with van der Waals surface area (Å²) in [5, 5.41) is 3.74. The summed E-state index contributed by atoms with van der Waals surface area (Å²) in [6, 6.07) is 9.64. The summed E-state index contributed by atoms with van der Waals surface area (Å²) < 4.78 is 5.09. The van der Waals surface area contributed by atoms with Gasteiger partial charge in [0, 0.05) is 36.9 Å². The fourth-order valence-electron chi connectivity index (χ4n) is 1.76. The minimum atomic E-state index is -0.0301. The van der Waals surface area contributed by atoms with Crippen molar-refractivity contribution in [2.75, 3.05) is 13.7 Å². The molecule has 1 aromatic heterocycles. The number of pyridine rings is 1. The second-order valence-corrected chi connectivity index (χ2v) is 4.30. The van der Waals surface area contributed by atoms with E-state index in [2.05, 4.69) is 22.1 Å².